The molecule has 2 fully saturated rings. The minimum Gasteiger partial charge on any atom is -0.489 e. The Morgan fingerprint density at radius 2 is 1.76 bits per heavy atom. The van der Waals surface area contributed by atoms with Crippen LogP contribution in [-0.2, 0) is 0 Å². The molecule has 3 N–H and O–H groups in total. The number of benzene rings is 3. The Bertz CT molecular complexity index is 1210. The van der Waals surface area contributed by atoms with Gasteiger partial charge in [-0.05, 0) is 54.0 Å². The Morgan fingerprint density at radius 1 is 0.973 bits per heavy atom. The number of amides is 1. The van der Waals surface area contributed by atoms with Crippen molar-refractivity contribution in [1.82, 2.24) is 15.7 Å². The van der Waals surface area contributed by atoms with Crippen LogP contribution in [0.3, 0.4) is 0 Å². The smallest absolute Gasteiger partial charge is 0.274 e. The molecular weight excluding hydrogens is 462 g/mol. The third-order valence-corrected chi connectivity index (χ3v) is 7.74. The van der Waals surface area contributed by atoms with Crippen LogP contribution >= 0.6 is 0 Å². The van der Waals surface area contributed by atoms with Gasteiger partial charge in [-0.25, -0.2) is 5.48 Å². The van der Waals surface area contributed by atoms with E-state index in [0.717, 1.165) is 46.8 Å². The predicted octanol–water partition coefficient (Wildman–Crippen LogP) is 5.42. The van der Waals surface area contributed by atoms with Gasteiger partial charge < -0.3 is 10.1 Å². The van der Waals surface area contributed by atoms with E-state index in [1.54, 1.807) is 17.6 Å². The SMILES string of the molecule is O=C(NO)c1ccc(/C=C(\CNC2CCN(C3CCCCC3)C2)COc2cccc3ccccc23)cc1. The van der Waals surface area contributed by atoms with Gasteiger partial charge in [-0.3, -0.25) is 14.9 Å². The van der Waals surface area contributed by atoms with Gasteiger partial charge >= 0.3 is 0 Å². The highest BCUT2D eigenvalue weighted by atomic mass is 16.5. The first-order valence-corrected chi connectivity index (χ1v) is 13.5. The highest BCUT2D eigenvalue weighted by Gasteiger charge is 2.28. The van der Waals surface area contributed by atoms with Crippen LogP contribution in [0.4, 0.5) is 0 Å². The van der Waals surface area contributed by atoms with Crippen molar-refractivity contribution in [2.45, 2.75) is 50.6 Å². The number of carbonyl (C=O) groups excluding carboxylic acids is 1. The lowest BCUT2D eigenvalue weighted by molar-refractivity contribution is 0.0706. The molecule has 1 aliphatic heterocycles. The zero-order valence-corrected chi connectivity index (χ0v) is 21.4. The molecule has 6 nitrogen and oxygen atoms in total. The summed E-state index contributed by atoms with van der Waals surface area (Å²) in [6.45, 7) is 3.52. The maximum atomic E-state index is 11.7. The van der Waals surface area contributed by atoms with Crippen LogP contribution in [0.5, 0.6) is 5.75 Å². The van der Waals surface area contributed by atoms with Gasteiger partial charge in [0.25, 0.3) is 5.91 Å². The summed E-state index contributed by atoms with van der Waals surface area (Å²) in [5.74, 6) is 0.365. The Kier molecular flexibility index (Phi) is 8.51. The average Bonchev–Trinajstić information content (AvgIpc) is 3.44. The zero-order valence-electron chi connectivity index (χ0n) is 21.4. The summed E-state index contributed by atoms with van der Waals surface area (Å²) in [6, 6.07) is 22.9. The second kappa shape index (κ2) is 12.4. The van der Waals surface area contributed by atoms with E-state index >= 15 is 0 Å². The fourth-order valence-electron chi connectivity index (χ4n) is 5.67. The number of hydrogen-bond donors (Lipinski definition) is 3. The van der Waals surface area contributed by atoms with Gasteiger partial charge in [0, 0.05) is 42.7 Å². The van der Waals surface area contributed by atoms with Crippen LogP contribution < -0.4 is 15.5 Å². The standard InChI is InChI=1S/C31H37N3O3/c35-31(33-36)26-15-13-23(14-16-26)19-24(22-37-30-12-6-8-25-7-4-5-11-29(25)30)20-32-27-17-18-34(21-27)28-9-2-1-3-10-28/h4-8,11-16,19,27-28,32,36H,1-3,9-10,17-18,20-22H2,(H,33,35)/b24-19+. The Hall–Kier alpha value is -3.19. The summed E-state index contributed by atoms with van der Waals surface area (Å²) >= 11 is 0. The highest BCUT2D eigenvalue weighted by molar-refractivity contribution is 5.93. The molecular formula is C31H37N3O3. The minimum atomic E-state index is -0.513. The number of fused-ring (bicyclic) bond motifs is 1. The lowest BCUT2D eigenvalue weighted by Crippen LogP contribution is -2.39. The first-order valence-electron chi connectivity index (χ1n) is 13.5. The molecule has 194 valence electrons. The van der Waals surface area contributed by atoms with Crippen molar-refractivity contribution in [2.75, 3.05) is 26.2 Å². The number of nitrogens with one attached hydrogen (secondary N) is 2. The van der Waals surface area contributed by atoms with Gasteiger partial charge in [-0.15, -0.1) is 0 Å². The lowest BCUT2D eigenvalue weighted by atomic mass is 9.94. The van der Waals surface area contributed by atoms with Crippen LogP contribution in [0.1, 0.15) is 54.4 Å². The molecule has 6 heteroatoms. The maximum Gasteiger partial charge on any atom is 0.274 e. The van der Waals surface area contributed by atoms with Crippen LogP contribution in [-0.4, -0.2) is 54.3 Å². The van der Waals surface area contributed by atoms with Crippen molar-refractivity contribution in [3.63, 3.8) is 0 Å². The van der Waals surface area contributed by atoms with Gasteiger partial charge in [0.2, 0.25) is 0 Å². The molecule has 1 aliphatic carbocycles. The zero-order chi connectivity index (χ0) is 25.5. The van der Waals surface area contributed by atoms with E-state index in [-0.39, 0.29) is 0 Å². The fourth-order valence-corrected chi connectivity index (χ4v) is 5.67. The summed E-state index contributed by atoms with van der Waals surface area (Å²) in [4.78, 5) is 14.4. The number of hydroxylamine groups is 1. The minimum absolute atomic E-state index is 0.417. The molecule has 1 amide bonds. The molecule has 3 aromatic carbocycles. The van der Waals surface area contributed by atoms with Gasteiger partial charge in [-0.1, -0.05) is 73.9 Å². The number of hydrogen-bond acceptors (Lipinski definition) is 5. The largest absolute Gasteiger partial charge is 0.489 e. The topological polar surface area (TPSA) is 73.8 Å². The van der Waals surface area contributed by atoms with Crippen LogP contribution in [0, 0.1) is 0 Å². The van der Waals surface area contributed by atoms with Crippen molar-refractivity contribution in [2.24, 2.45) is 0 Å². The van der Waals surface area contributed by atoms with E-state index in [1.807, 2.05) is 36.4 Å². The molecule has 2 aliphatic rings. The molecule has 37 heavy (non-hydrogen) atoms. The molecule has 1 unspecified atom stereocenters. The summed E-state index contributed by atoms with van der Waals surface area (Å²) in [6.07, 6.45) is 10.1. The molecule has 1 atom stereocenters. The second-order valence-electron chi connectivity index (χ2n) is 10.3. The fraction of sp³-hybridized carbons (Fsp3) is 0.387. The van der Waals surface area contributed by atoms with E-state index in [1.165, 1.54) is 45.1 Å². The average molecular weight is 500 g/mol. The summed E-state index contributed by atoms with van der Waals surface area (Å²) in [7, 11) is 0. The summed E-state index contributed by atoms with van der Waals surface area (Å²) < 4.78 is 6.35. The van der Waals surface area contributed by atoms with Crippen molar-refractivity contribution < 1.29 is 14.7 Å². The van der Waals surface area contributed by atoms with Crippen molar-refractivity contribution in [1.29, 1.82) is 0 Å². The summed E-state index contributed by atoms with van der Waals surface area (Å²) in [5, 5.41) is 15.0. The Balaban J connectivity index is 1.27. The predicted molar refractivity (Wildman–Crippen MR) is 148 cm³/mol. The van der Waals surface area contributed by atoms with E-state index in [4.69, 9.17) is 9.94 Å². The van der Waals surface area contributed by atoms with E-state index in [0.29, 0.717) is 18.2 Å². The number of ether oxygens (including phenoxy) is 1. The molecule has 5 rings (SSSR count). The van der Waals surface area contributed by atoms with Crippen LogP contribution in [0.15, 0.2) is 72.3 Å². The van der Waals surface area contributed by atoms with Gasteiger partial charge in [0.05, 0.1) is 0 Å². The van der Waals surface area contributed by atoms with E-state index in [9.17, 15) is 4.79 Å². The van der Waals surface area contributed by atoms with Gasteiger partial charge in [0.1, 0.15) is 12.4 Å². The number of likely N-dealkylation sites (tertiary alicyclic amines) is 1. The lowest BCUT2D eigenvalue weighted by Gasteiger charge is -2.31. The van der Waals surface area contributed by atoms with Crippen LogP contribution in [0.25, 0.3) is 16.8 Å². The second-order valence-corrected chi connectivity index (χ2v) is 10.3. The number of carbonyl (C=O) groups is 1. The summed E-state index contributed by atoms with van der Waals surface area (Å²) in [5.41, 5.74) is 4.23. The Morgan fingerprint density at radius 3 is 2.57 bits per heavy atom. The number of rotatable bonds is 9. The van der Waals surface area contributed by atoms with Crippen molar-refractivity contribution in [3.05, 3.63) is 83.4 Å². The quantitative estimate of drug-likeness (QED) is 0.271. The Labute approximate surface area is 219 Å². The molecule has 0 bridgehead atoms. The molecule has 1 saturated carbocycles. The number of nitrogens with zero attached hydrogens (tertiary/aromatic N) is 1. The molecule has 0 radical (unpaired) electrons. The molecule has 1 heterocycles. The normalized spacial score (nSPS) is 19.3. The van der Waals surface area contributed by atoms with E-state index in [2.05, 4.69) is 34.5 Å². The maximum absolute atomic E-state index is 11.7. The molecule has 3 aromatic rings. The van der Waals surface area contributed by atoms with Crippen molar-refractivity contribution in [3.8, 4) is 5.75 Å². The van der Waals surface area contributed by atoms with Gasteiger partial charge in [0.15, 0.2) is 0 Å². The third kappa shape index (κ3) is 6.58. The monoisotopic (exact) mass is 499 g/mol. The van der Waals surface area contributed by atoms with Crippen LogP contribution in [0.2, 0.25) is 0 Å². The first-order chi connectivity index (χ1) is 18.2. The first kappa shape index (κ1) is 25.5. The third-order valence-electron chi connectivity index (χ3n) is 7.74. The molecule has 0 spiro atoms. The molecule has 1 saturated heterocycles. The molecule has 0 aromatic heterocycles. The highest BCUT2D eigenvalue weighted by Crippen LogP contribution is 2.27. The van der Waals surface area contributed by atoms with E-state index < -0.39 is 5.91 Å². The van der Waals surface area contributed by atoms with Crippen molar-refractivity contribution >= 4 is 22.8 Å². The van der Waals surface area contributed by atoms with Gasteiger partial charge in [-0.2, -0.15) is 0 Å².